The van der Waals surface area contributed by atoms with Gasteiger partial charge in [0.05, 0.1) is 11.9 Å². The van der Waals surface area contributed by atoms with Crippen molar-refractivity contribution in [3.05, 3.63) is 107 Å². The van der Waals surface area contributed by atoms with Crippen LogP contribution in [0.2, 0.25) is 0 Å². The van der Waals surface area contributed by atoms with Gasteiger partial charge in [-0.05, 0) is 29.8 Å². The third-order valence-corrected chi connectivity index (χ3v) is 5.28. The number of benzene rings is 3. The van der Waals surface area contributed by atoms with E-state index < -0.39 is 0 Å². The molecule has 0 amide bonds. The first-order valence-electron chi connectivity index (χ1n) is 10.1. The lowest BCUT2D eigenvalue weighted by atomic mass is 10.1. The Bertz CT molecular complexity index is 1420. The van der Waals surface area contributed by atoms with E-state index in [0.717, 1.165) is 38.9 Å². The van der Waals surface area contributed by atoms with Crippen molar-refractivity contribution in [1.82, 2.24) is 4.57 Å². The van der Waals surface area contributed by atoms with Crippen LogP contribution < -0.4 is 14.9 Å². The molecule has 0 saturated carbocycles. The molecule has 0 saturated heterocycles. The average Bonchev–Trinajstić information content (AvgIpc) is 3.17. The normalized spacial score (nSPS) is 11.1. The van der Waals surface area contributed by atoms with E-state index in [1.807, 2.05) is 84.4 Å². The molecule has 0 aliphatic carbocycles. The molecule has 0 aliphatic heterocycles. The summed E-state index contributed by atoms with van der Waals surface area (Å²) >= 11 is 0. The van der Waals surface area contributed by atoms with Gasteiger partial charge < -0.3 is 18.5 Å². The summed E-state index contributed by atoms with van der Waals surface area (Å²) in [7, 11) is 1.88. The summed E-state index contributed by atoms with van der Waals surface area (Å²) in [5, 5.41) is 2.06. The monoisotopic (exact) mass is 411 g/mol. The number of ether oxygens (including phenoxy) is 2. The van der Waals surface area contributed by atoms with Crippen molar-refractivity contribution >= 4 is 21.9 Å². The number of hydrogen-bond acceptors (Lipinski definition) is 4. The number of hydrogen-bond donors (Lipinski definition) is 0. The van der Waals surface area contributed by atoms with E-state index in [0.29, 0.717) is 12.4 Å². The summed E-state index contributed by atoms with van der Waals surface area (Å²) in [6.07, 6.45) is 1.71. The van der Waals surface area contributed by atoms with Gasteiger partial charge in [0.1, 0.15) is 30.1 Å². The van der Waals surface area contributed by atoms with Gasteiger partial charge in [-0.25, -0.2) is 0 Å². The van der Waals surface area contributed by atoms with Gasteiger partial charge in [0.15, 0.2) is 5.75 Å². The lowest BCUT2D eigenvalue weighted by Gasteiger charge is -2.13. The number of furan rings is 1. The quantitative estimate of drug-likeness (QED) is 0.373. The molecule has 0 N–H and O–H groups in total. The summed E-state index contributed by atoms with van der Waals surface area (Å²) in [6, 6.07) is 25.0. The number of nitrogens with zero attached hydrogens (tertiary/aromatic N) is 1. The first-order chi connectivity index (χ1) is 15.2. The van der Waals surface area contributed by atoms with E-state index in [-0.39, 0.29) is 12.0 Å². The molecule has 3 aromatic carbocycles. The molecule has 0 aliphatic rings. The first kappa shape index (κ1) is 19.0. The van der Waals surface area contributed by atoms with Crippen molar-refractivity contribution in [1.29, 1.82) is 0 Å². The Balaban J connectivity index is 1.32. The van der Waals surface area contributed by atoms with E-state index in [4.69, 9.17) is 13.9 Å². The number of para-hydroxylation sites is 1. The molecule has 0 bridgehead atoms. The molecule has 5 aromatic rings. The van der Waals surface area contributed by atoms with Crippen LogP contribution in [0, 0.1) is 0 Å². The van der Waals surface area contributed by atoms with Gasteiger partial charge in [0.25, 0.3) is 0 Å². The third kappa shape index (κ3) is 3.90. The molecule has 5 heteroatoms. The van der Waals surface area contributed by atoms with Crippen molar-refractivity contribution in [3.8, 4) is 11.5 Å². The Kier molecular flexibility index (Phi) is 4.92. The largest absolute Gasteiger partial charge is 0.487 e. The van der Waals surface area contributed by atoms with Crippen LogP contribution in [-0.2, 0) is 20.3 Å². The predicted molar refractivity (Wildman–Crippen MR) is 121 cm³/mol. The molecule has 0 spiro atoms. The van der Waals surface area contributed by atoms with Crippen molar-refractivity contribution in [2.24, 2.45) is 7.05 Å². The summed E-state index contributed by atoms with van der Waals surface area (Å²) in [4.78, 5) is 12.5. The lowest BCUT2D eigenvalue weighted by molar-refractivity contribution is 0.287. The molecule has 0 unspecified atom stereocenters. The summed E-state index contributed by atoms with van der Waals surface area (Å²) in [5.41, 5.74) is 3.28. The minimum atomic E-state index is -0.163. The zero-order valence-electron chi connectivity index (χ0n) is 17.1. The molecule has 2 heterocycles. The molecule has 5 nitrogen and oxygen atoms in total. The second-order valence-corrected chi connectivity index (χ2v) is 7.42. The predicted octanol–water partition coefficient (Wildman–Crippen LogP) is 5.44. The minimum absolute atomic E-state index is 0.163. The fourth-order valence-corrected chi connectivity index (χ4v) is 3.59. The van der Waals surface area contributed by atoms with Gasteiger partial charge >= 0.3 is 0 Å². The van der Waals surface area contributed by atoms with Crippen LogP contribution in [0.15, 0.2) is 94.3 Å². The highest BCUT2D eigenvalue weighted by atomic mass is 16.5. The summed E-state index contributed by atoms with van der Waals surface area (Å²) in [5.74, 6) is 1.04. The number of aromatic nitrogens is 1. The van der Waals surface area contributed by atoms with Crippen molar-refractivity contribution in [2.45, 2.75) is 13.2 Å². The van der Waals surface area contributed by atoms with E-state index in [1.165, 1.54) is 0 Å². The number of aryl methyl sites for hydroxylation is 1. The number of rotatable bonds is 6. The Morgan fingerprint density at radius 2 is 1.58 bits per heavy atom. The van der Waals surface area contributed by atoms with Crippen molar-refractivity contribution < 1.29 is 13.9 Å². The van der Waals surface area contributed by atoms with E-state index in [9.17, 15) is 4.79 Å². The second-order valence-electron chi connectivity index (χ2n) is 7.42. The zero-order valence-corrected chi connectivity index (χ0v) is 17.1. The van der Waals surface area contributed by atoms with Gasteiger partial charge in [0, 0.05) is 23.9 Å². The van der Waals surface area contributed by atoms with Crippen LogP contribution in [0.3, 0.4) is 0 Å². The van der Waals surface area contributed by atoms with Gasteiger partial charge in [-0.1, -0.05) is 48.5 Å². The van der Waals surface area contributed by atoms with Crippen molar-refractivity contribution in [3.63, 3.8) is 0 Å². The highest BCUT2D eigenvalue weighted by Gasteiger charge is 2.10. The fraction of sp³-hybridized carbons (Fsp3) is 0.115. The maximum absolute atomic E-state index is 12.5. The van der Waals surface area contributed by atoms with Crippen LogP contribution in [0.5, 0.6) is 11.5 Å². The van der Waals surface area contributed by atoms with Gasteiger partial charge in [-0.15, -0.1) is 0 Å². The molecule has 0 atom stereocenters. The van der Waals surface area contributed by atoms with Crippen LogP contribution in [-0.4, -0.2) is 4.57 Å². The maximum atomic E-state index is 12.5. The van der Waals surface area contributed by atoms with Crippen molar-refractivity contribution in [2.75, 3.05) is 0 Å². The second kappa shape index (κ2) is 8.03. The Hall–Kier alpha value is -3.99. The summed E-state index contributed by atoms with van der Waals surface area (Å²) in [6.45, 7) is 0.622. The Morgan fingerprint density at radius 3 is 2.45 bits per heavy atom. The molecule has 0 fully saturated rings. The maximum Gasteiger partial charge on any atom is 0.223 e. The van der Waals surface area contributed by atoms with Crippen LogP contribution >= 0.6 is 0 Å². The van der Waals surface area contributed by atoms with Crippen LogP contribution in [0.1, 0.15) is 11.3 Å². The summed E-state index contributed by atoms with van der Waals surface area (Å²) < 4.78 is 19.4. The third-order valence-electron chi connectivity index (χ3n) is 5.28. The van der Waals surface area contributed by atoms with E-state index in [1.54, 1.807) is 12.3 Å². The first-order valence-corrected chi connectivity index (χ1v) is 10.1. The Morgan fingerprint density at radius 1 is 0.806 bits per heavy atom. The molecule has 31 heavy (non-hydrogen) atoms. The minimum Gasteiger partial charge on any atom is -0.487 e. The molecule has 5 rings (SSSR count). The number of pyridine rings is 1. The van der Waals surface area contributed by atoms with Gasteiger partial charge in [0.2, 0.25) is 5.43 Å². The molecule has 2 aromatic heterocycles. The molecule has 154 valence electrons. The van der Waals surface area contributed by atoms with E-state index >= 15 is 0 Å². The fourth-order valence-electron chi connectivity index (χ4n) is 3.59. The van der Waals surface area contributed by atoms with Crippen LogP contribution in [0.25, 0.3) is 21.9 Å². The molecule has 0 radical (unpaired) electrons. The molecular formula is C26H21NO4. The smallest absolute Gasteiger partial charge is 0.223 e. The van der Waals surface area contributed by atoms with Gasteiger partial charge in [-0.3, -0.25) is 4.79 Å². The van der Waals surface area contributed by atoms with Crippen LogP contribution in [0.4, 0.5) is 0 Å². The topological polar surface area (TPSA) is 53.6 Å². The lowest BCUT2D eigenvalue weighted by Crippen LogP contribution is -2.15. The molecular weight excluding hydrogens is 390 g/mol. The SMILES string of the molecule is Cn1cc(OCc2ccccc2)c(=O)cc1COc1ccc2oc3ccccc3c2c1. The Labute approximate surface area is 179 Å². The zero-order chi connectivity index (χ0) is 21.2. The standard InChI is InChI=1S/C26H21NO4/c1-27-15-26(30-16-18-7-3-2-4-8-18)23(28)13-19(27)17-29-20-11-12-25-22(14-20)21-9-5-6-10-24(21)31-25/h2-15H,16-17H2,1H3. The van der Waals surface area contributed by atoms with Gasteiger partial charge in [-0.2, -0.15) is 0 Å². The van der Waals surface area contributed by atoms with E-state index in [2.05, 4.69) is 0 Å². The average molecular weight is 411 g/mol. The number of fused-ring (bicyclic) bond motifs is 3. The highest BCUT2D eigenvalue weighted by Crippen LogP contribution is 2.31. The highest BCUT2D eigenvalue weighted by molar-refractivity contribution is 6.05.